The van der Waals surface area contributed by atoms with Gasteiger partial charge in [0.1, 0.15) is 5.82 Å². The Labute approximate surface area is 166 Å². The highest BCUT2D eigenvalue weighted by Gasteiger charge is 2.32. The van der Waals surface area contributed by atoms with Crippen molar-refractivity contribution >= 4 is 5.69 Å². The highest BCUT2D eigenvalue weighted by Crippen LogP contribution is 2.35. The lowest BCUT2D eigenvalue weighted by atomic mass is 10.0. The maximum Gasteiger partial charge on any atom is 0.123 e. The topological polar surface area (TPSA) is 28.3 Å². The number of anilines is 1. The molecular weight excluding hydrogens is 351 g/mol. The van der Waals surface area contributed by atoms with Crippen LogP contribution in [0.3, 0.4) is 0 Å². The van der Waals surface area contributed by atoms with Crippen LogP contribution in [0.25, 0.3) is 11.3 Å². The Morgan fingerprint density at radius 1 is 1.00 bits per heavy atom. The fourth-order valence-corrected chi connectivity index (χ4v) is 3.96. The summed E-state index contributed by atoms with van der Waals surface area (Å²) in [4.78, 5) is 5.95. The van der Waals surface area contributed by atoms with Gasteiger partial charge in [-0.15, -0.1) is 0 Å². The second kappa shape index (κ2) is 7.80. The van der Waals surface area contributed by atoms with Gasteiger partial charge in [0.15, 0.2) is 0 Å². The Balaban J connectivity index is 1.64. The number of hydrogen-bond acceptors (Lipinski definition) is 2. The minimum Gasteiger partial charge on any atom is -0.374 e. The second-order valence-electron chi connectivity index (χ2n) is 7.79. The fourth-order valence-electron chi connectivity index (χ4n) is 3.96. The zero-order chi connectivity index (χ0) is 19.7. The van der Waals surface area contributed by atoms with Crippen molar-refractivity contribution in [2.45, 2.75) is 38.8 Å². The molecule has 1 aliphatic heterocycles. The summed E-state index contributed by atoms with van der Waals surface area (Å²) < 4.78 is 19.2. The molecule has 3 nitrogen and oxygen atoms in total. The van der Waals surface area contributed by atoms with E-state index in [1.165, 1.54) is 23.4 Å². The molecular formula is C24H27FN2O. The number of halogens is 1. The monoisotopic (exact) mass is 378 g/mol. The van der Waals surface area contributed by atoms with Gasteiger partial charge in [-0.25, -0.2) is 4.39 Å². The number of aromatic amines is 1. The van der Waals surface area contributed by atoms with Crippen LogP contribution in [0.5, 0.6) is 0 Å². The summed E-state index contributed by atoms with van der Waals surface area (Å²) in [7, 11) is 0. The molecule has 1 saturated heterocycles. The number of morpholine rings is 1. The van der Waals surface area contributed by atoms with Crippen LogP contribution in [0.2, 0.25) is 0 Å². The van der Waals surface area contributed by atoms with Crippen molar-refractivity contribution in [3.63, 3.8) is 0 Å². The maximum absolute atomic E-state index is 13.2. The fraction of sp³-hybridized carbons (Fsp3) is 0.333. The normalized spacial score (nSPS) is 20.0. The molecule has 1 N–H and O–H groups in total. The van der Waals surface area contributed by atoms with Crippen LogP contribution in [0.4, 0.5) is 10.1 Å². The number of nitrogens with zero attached hydrogens (tertiary/aromatic N) is 1. The predicted molar refractivity (Wildman–Crippen MR) is 112 cm³/mol. The van der Waals surface area contributed by atoms with E-state index in [-0.39, 0.29) is 18.0 Å². The number of benzene rings is 2. The van der Waals surface area contributed by atoms with Crippen molar-refractivity contribution in [2.24, 2.45) is 0 Å². The highest BCUT2D eigenvalue weighted by molar-refractivity contribution is 5.60. The van der Waals surface area contributed by atoms with Gasteiger partial charge in [0, 0.05) is 23.6 Å². The molecule has 0 bridgehead atoms. The van der Waals surface area contributed by atoms with Gasteiger partial charge in [0.05, 0.1) is 18.8 Å². The molecule has 2 heterocycles. The van der Waals surface area contributed by atoms with Crippen molar-refractivity contribution in [3.8, 4) is 11.3 Å². The van der Waals surface area contributed by atoms with E-state index >= 15 is 0 Å². The van der Waals surface area contributed by atoms with Crippen molar-refractivity contribution in [1.82, 2.24) is 4.98 Å². The van der Waals surface area contributed by atoms with E-state index in [2.05, 4.69) is 67.1 Å². The molecule has 0 radical (unpaired) electrons. The molecule has 146 valence electrons. The zero-order valence-corrected chi connectivity index (χ0v) is 16.7. The smallest absolute Gasteiger partial charge is 0.123 e. The molecule has 2 unspecified atom stereocenters. The quantitative estimate of drug-likeness (QED) is 0.611. The number of hydrogen-bond donors (Lipinski definition) is 1. The Kier molecular flexibility index (Phi) is 5.23. The highest BCUT2D eigenvalue weighted by atomic mass is 19.1. The molecule has 28 heavy (non-hydrogen) atoms. The molecule has 1 aromatic heterocycles. The summed E-state index contributed by atoms with van der Waals surface area (Å²) >= 11 is 0. The predicted octanol–water partition coefficient (Wildman–Crippen LogP) is 5.91. The number of nitrogens with one attached hydrogen (secondary N) is 1. The van der Waals surface area contributed by atoms with Crippen LogP contribution in [-0.4, -0.2) is 24.2 Å². The van der Waals surface area contributed by atoms with E-state index < -0.39 is 0 Å². The van der Waals surface area contributed by atoms with E-state index in [0.717, 1.165) is 30.1 Å². The third kappa shape index (κ3) is 3.69. The average Bonchev–Trinajstić information content (AvgIpc) is 3.18. The summed E-state index contributed by atoms with van der Waals surface area (Å²) in [5, 5.41) is 0. The third-order valence-corrected chi connectivity index (χ3v) is 5.57. The molecule has 0 spiro atoms. The van der Waals surface area contributed by atoms with Crippen LogP contribution >= 0.6 is 0 Å². The van der Waals surface area contributed by atoms with Crippen LogP contribution in [0.1, 0.15) is 44.0 Å². The Morgan fingerprint density at radius 2 is 1.71 bits per heavy atom. The largest absolute Gasteiger partial charge is 0.374 e. The van der Waals surface area contributed by atoms with Gasteiger partial charge in [0.2, 0.25) is 0 Å². The van der Waals surface area contributed by atoms with Gasteiger partial charge in [-0.2, -0.15) is 0 Å². The van der Waals surface area contributed by atoms with Gasteiger partial charge in [0.25, 0.3) is 0 Å². The molecule has 1 aliphatic rings. The first-order valence-corrected chi connectivity index (χ1v) is 9.96. The Bertz CT molecular complexity index is 915. The van der Waals surface area contributed by atoms with E-state index in [0.29, 0.717) is 5.92 Å². The van der Waals surface area contributed by atoms with Crippen molar-refractivity contribution < 1.29 is 9.13 Å². The first kappa shape index (κ1) is 18.8. The molecule has 2 aromatic carbocycles. The second-order valence-corrected chi connectivity index (χ2v) is 7.79. The minimum absolute atomic E-state index is 0.0678. The number of rotatable bonds is 4. The Hall–Kier alpha value is -2.59. The van der Waals surface area contributed by atoms with Gasteiger partial charge in [-0.05, 0) is 72.5 Å². The molecule has 4 heteroatoms. The van der Waals surface area contributed by atoms with Crippen LogP contribution in [0.15, 0.2) is 60.7 Å². The third-order valence-electron chi connectivity index (χ3n) is 5.57. The summed E-state index contributed by atoms with van der Waals surface area (Å²) in [6.45, 7) is 8.11. The molecule has 2 atom stereocenters. The van der Waals surface area contributed by atoms with Crippen LogP contribution in [0, 0.1) is 5.82 Å². The lowest BCUT2D eigenvalue weighted by Crippen LogP contribution is -2.44. The van der Waals surface area contributed by atoms with Crippen molar-refractivity contribution in [1.29, 1.82) is 0 Å². The number of aromatic nitrogens is 1. The maximum atomic E-state index is 13.2. The van der Waals surface area contributed by atoms with Crippen molar-refractivity contribution in [3.05, 3.63) is 77.7 Å². The molecule has 3 aromatic rings. The zero-order valence-electron chi connectivity index (χ0n) is 16.7. The lowest BCUT2D eigenvalue weighted by Gasteiger charge is -2.41. The average molecular weight is 378 g/mol. The first-order valence-electron chi connectivity index (χ1n) is 9.96. The van der Waals surface area contributed by atoms with Crippen molar-refractivity contribution in [2.75, 3.05) is 18.1 Å². The molecule has 1 fully saturated rings. The number of H-pyrrole nitrogens is 1. The SMILES string of the molecule is CC(C)c1ccc(N2CCOC(C)C2c2ccc(-c3ccc(F)cc3)[nH]2)cc1. The molecule has 0 saturated carbocycles. The van der Waals surface area contributed by atoms with Gasteiger partial charge in [-0.1, -0.05) is 26.0 Å². The standard InChI is InChI=1S/C24H27FN2O/c1-16(2)18-6-10-21(11-7-18)27-14-15-28-17(3)24(27)23-13-12-22(26-23)19-4-8-20(25)9-5-19/h4-13,16-17,24,26H,14-15H2,1-3H3. The molecule has 0 amide bonds. The van der Waals surface area contributed by atoms with Gasteiger partial charge >= 0.3 is 0 Å². The summed E-state index contributed by atoms with van der Waals surface area (Å²) in [5.74, 6) is 0.302. The lowest BCUT2D eigenvalue weighted by molar-refractivity contribution is 0.0222. The van der Waals surface area contributed by atoms with Gasteiger partial charge in [-0.3, -0.25) is 0 Å². The van der Waals surface area contributed by atoms with E-state index in [1.54, 1.807) is 12.1 Å². The Morgan fingerprint density at radius 3 is 2.39 bits per heavy atom. The van der Waals surface area contributed by atoms with Crippen LogP contribution < -0.4 is 4.90 Å². The van der Waals surface area contributed by atoms with Gasteiger partial charge < -0.3 is 14.6 Å². The van der Waals surface area contributed by atoms with E-state index in [9.17, 15) is 4.39 Å². The van der Waals surface area contributed by atoms with E-state index in [4.69, 9.17) is 4.74 Å². The van der Waals surface area contributed by atoms with E-state index in [1.807, 2.05) is 0 Å². The van der Waals surface area contributed by atoms with Crippen LogP contribution in [-0.2, 0) is 4.74 Å². The first-order chi connectivity index (χ1) is 13.5. The summed E-state index contributed by atoms with van der Waals surface area (Å²) in [5.41, 5.74) is 5.63. The molecule has 0 aliphatic carbocycles. The minimum atomic E-state index is -0.221. The summed E-state index contributed by atoms with van der Waals surface area (Å²) in [6.07, 6.45) is 0.0678. The molecule has 4 rings (SSSR count). The number of ether oxygens (including phenoxy) is 1. The summed E-state index contributed by atoms with van der Waals surface area (Å²) in [6, 6.07) is 19.7.